The molecule has 0 spiro atoms. The molecule has 1 heterocycles. The summed E-state index contributed by atoms with van der Waals surface area (Å²) in [4.78, 5) is 0. The third-order valence-electron chi connectivity index (χ3n) is 2.97. The van der Waals surface area contributed by atoms with Crippen molar-refractivity contribution in [1.82, 2.24) is 0 Å². The Balaban J connectivity index is 2.61. The van der Waals surface area contributed by atoms with Crippen LogP contribution in [0.3, 0.4) is 0 Å². The molecule has 2 N–H and O–H groups in total. The lowest BCUT2D eigenvalue weighted by Gasteiger charge is -2.31. The average molecular weight is 248 g/mol. The number of hydrogen-bond acceptors (Lipinski definition) is 2. The van der Waals surface area contributed by atoms with Crippen LogP contribution >= 0.6 is 11.6 Å². The number of anilines is 1. The number of alkyl halides is 2. The summed E-state index contributed by atoms with van der Waals surface area (Å²) in [5, 5.41) is 13.2. The van der Waals surface area contributed by atoms with Crippen LogP contribution in [0, 0.1) is 0 Å². The molecule has 16 heavy (non-hydrogen) atoms. The van der Waals surface area contributed by atoms with Gasteiger partial charge in [-0.2, -0.15) is 0 Å². The molecule has 2 nitrogen and oxygen atoms in total. The SMILES string of the molecule is CC1(O)c2cc(Cl)ccc2NCCC1(F)F. The first-order valence-corrected chi connectivity index (χ1v) is 5.36. The van der Waals surface area contributed by atoms with Crippen LogP contribution in [0.5, 0.6) is 0 Å². The Kier molecular flexibility index (Phi) is 2.59. The summed E-state index contributed by atoms with van der Waals surface area (Å²) in [5.74, 6) is -3.17. The second kappa shape index (κ2) is 3.57. The Morgan fingerprint density at radius 3 is 2.81 bits per heavy atom. The summed E-state index contributed by atoms with van der Waals surface area (Å²) in [6.07, 6.45) is -0.410. The van der Waals surface area contributed by atoms with Crippen molar-refractivity contribution in [3.05, 3.63) is 28.8 Å². The van der Waals surface area contributed by atoms with Gasteiger partial charge in [-0.25, -0.2) is 8.78 Å². The number of aliphatic hydroxyl groups is 1. The second-order valence-electron chi connectivity index (χ2n) is 4.14. The minimum atomic E-state index is -3.17. The Bertz CT molecular complexity index is 420. The van der Waals surface area contributed by atoms with Gasteiger partial charge in [0, 0.05) is 29.2 Å². The lowest BCUT2D eigenvalue weighted by Crippen LogP contribution is -2.42. The van der Waals surface area contributed by atoms with Gasteiger partial charge in [0.1, 0.15) is 0 Å². The lowest BCUT2D eigenvalue weighted by atomic mass is 9.87. The van der Waals surface area contributed by atoms with E-state index in [1.54, 1.807) is 12.1 Å². The molecule has 0 radical (unpaired) electrons. The van der Waals surface area contributed by atoms with Crippen molar-refractivity contribution in [2.24, 2.45) is 0 Å². The van der Waals surface area contributed by atoms with E-state index in [-0.39, 0.29) is 12.1 Å². The monoisotopic (exact) mass is 247 g/mol. The maximum Gasteiger partial charge on any atom is 0.281 e. The van der Waals surface area contributed by atoms with Crippen molar-refractivity contribution in [1.29, 1.82) is 0 Å². The number of hydrogen-bond donors (Lipinski definition) is 2. The van der Waals surface area contributed by atoms with Crippen molar-refractivity contribution < 1.29 is 13.9 Å². The molecule has 5 heteroatoms. The smallest absolute Gasteiger partial charge is 0.281 e. The third kappa shape index (κ3) is 1.66. The molecular weight excluding hydrogens is 236 g/mol. The minimum Gasteiger partial charge on any atom is -0.385 e. The molecule has 1 aliphatic rings. The molecular formula is C11H12ClF2NO. The zero-order chi connectivity index (χ0) is 12.0. The molecule has 0 bridgehead atoms. The molecule has 1 aliphatic heterocycles. The first-order chi connectivity index (χ1) is 7.34. The molecule has 1 atom stereocenters. The summed E-state index contributed by atoms with van der Waals surface area (Å²) in [7, 11) is 0. The van der Waals surface area contributed by atoms with Crippen LogP contribution in [0.1, 0.15) is 18.9 Å². The van der Waals surface area contributed by atoms with Gasteiger partial charge in [-0.3, -0.25) is 0 Å². The number of rotatable bonds is 0. The molecule has 1 unspecified atom stereocenters. The first-order valence-electron chi connectivity index (χ1n) is 4.99. The quantitative estimate of drug-likeness (QED) is 0.739. The van der Waals surface area contributed by atoms with Crippen molar-refractivity contribution in [2.45, 2.75) is 24.9 Å². The maximum atomic E-state index is 13.7. The van der Waals surface area contributed by atoms with Gasteiger partial charge in [0.05, 0.1) is 0 Å². The summed E-state index contributed by atoms with van der Waals surface area (Å²) in [5.41, 5.74) is -1.55. The number of benzene rings is 1. The van der Waals surface area contributed by atoms with Crippen molar-refractivity contribution in [3.8, 4) is 0 Å². The van der Waals surface area contributed by atoms with Crippen LogP contribution in [0.15, 0.2) is 18.2 Å². The highest BCUT2D eigenvalue weighted by atomic mass is 35.5. The van der Waals surface area contributed by atoms with Crippen LogP contribution in [-0.4, -0.2) is 17.6 Å². The van der Waals surface area contributed by atoms with E-state index in [0.29, 0.717) is 10.7 Å². The van der Waals surface area contributed by atoms with Crippen molar-refractivity contribution in [2.75, 3.05) is 11.9 Å². The fourth-order valence-electron chi connectivity index (χ4n) is 1.87. The number of fused-ring (bicyclic) bond motifs is 1. The number of nitrogens with one attached hydrogen (secondary N) is 1. The molecule has 0 saturated heterocycles. The Morgan fingerprint density at radius 2 is 2.12 bits per heavy atom. The van der Waals surface area contributed by atoms with Crippen LogP contribution in [0.25, 0.3) is 0 Å². The molecule has 1 aromatic carbocycles. The maximum absolute atomic E-state index is 13.7. The van der Waals surface area contributed by atoms with Crippen LogP contribution in [-0.2, 0) is 5.60 Å². The number of halogens is 3. The van der Waals surface area contributed by atoms with Gasteiger partial charge in [0.25, 0.3) is 5.92 Å². The normalized spacial score (nSPS) is 27.8. The molecule has 88 valence electrons. The van der Waals surface area contributed by atoms with Crippen LogP contribution < -0.4 is 5.32 Å². The van der Waals surface area contributed by atoms with Gasteiger partial charge in [0.2, 0.25) is 0 Å². The van der Waals surface area contributed by atoms with E-state index in [1.807, 2.05) is 0 Å². The summed E-state index contributed by atoms with van der Waals surface area (Å²) in [6.45, 7) is 1.24. The van der Waals surface area contributed by atoms with E-state index in [9.17, 15) is 13.9 Å². The highest BCUT2D eigenvalue weighted by Gasteiger charge is 2.51. The summed E-state index contributed by atoms with van der Waals surface area (Å²) in [6, 6.07) is 4.59. The Hall–Kier alpha value is -0.870. The van der Waals surface area contributed by atoms with E-state index < -0.39 is 17.9 Å². The van der Waals surface area contributed by atoms with E-state index in [1.165, 1.54) is 6.07 Å². The molecule has 2 rings (SSSR count). The van der Waals surface area contributed by atoms with Gasteiger partial charge in [-0.1, -0.05) is 11.6 Å². The zero-order valence-corrected chi connectivity index (χ0v) is 9.48. The molecule has 0 aromatic heterocycles. The van der Waals surface area contributed by atoms with Gasteiger partial charge in [-0.15, -0.1) is 0 Å². The van der Waals surface area contributed by atoms with E-state index >= 15 is 0 Å². The molecule has 0 saturated carbocycles. The molecule has 0 amide bonds. The highest BCUT2D eigenvalue weighted by molar-refractivity contribution is 6.30. The summed E-state index contributed by atoms with van der Waals surface area (Å²) < 4.78 is 27.4. The van der Waals surface area contributed by atoms with Crippen LogP contribution in [0.4, 0.5) is 14.5 Å². The van der Waals surface area contributed by atoms with Crippen molar-refractivity contribution >= 4 is 17.3 Å². The first kappa shape index (κ1) is 11.6. The fourth-order valence-corrected chi connectivity index (χ4v) is 2.04. The Labute approximate surface area is 97.2 Å². The molecule has 0 aliphatic carbocycles. The lowest BCUT2D eigenvalue weighted by molar-refractivity contribution is -0.177. The van der Waals surface area contributed by atoms with Crippen LogP contribution in [0.2, 0.25) is 5.02 Å². The fraction of sp³-hybridized carbons (Fsp3) is 0.455. The standard InChI is InChI=1S/C11H12ClF2NO/c1-10(16)8-6-7(12)2-3-9(8)15-5-4-11(10,13)14/h2-3,6,15-16H,4-5H2,1H3. The highest BCUT2D eigenvalue weighted by Crippen LogP contribution is 2.45. The summed E-state index contributed by atoms with van der Waals surface area (Å²) >= 11 is 5.77. The topological polar surface area (TPSA) is 32.3 Å². The molecule has 1 aromatic rings. The van der Waals surface area contributed by atoms with E-state index in [2.05, 4.69) is 5.32 Å². The largest absolute Gasteiger partial charge is 0.385 e. The van der Waals surface area contributed by atoms with E-state index in [4.69, 9.17) is 11.6 Å². The predicted molar refractivity (Wildman–Crippen MR) is 59.1 cm³/mol. The van der Waals surface area contributed by atoms with E-state index in [0.717, 1.165) is 6.92 Å². The van der Waals surface area contributed by atoms with Gasteiger partial charge < -0.3 is 10.4 Å². The van der Waals surface area contributed by atoms with Gasteiger partial charge in [0.15, 0.2) is 5.60 Å². The minimum absolute atomic E-state index is 0.123. The van der Waals surface area contributed by atoms with Crippen molar-refractivity contribution in [3.63, 3.8) is 0 Å². The molecule has 0 fully saturated rings. The Morgan fingerprint density at radius 1 is 1.44 bits per heavy atom. The predicted octanol–water partition coefficient (Wildman–Crippen LogP) is 3.00. The zero-order valence-electron chi connectivity index (χ0n) is 8.73. The second-order valence-corrected chi connectivity index (χ2v) is 4.58. The van der Waals surface area contributed by atoms with Gasteiger partial charge >= 0.3 is 0 Å². The van der Waals surface area contributed by atoms with Gasteiger partial charge in [-0.05, 0) is 25.1 Å². The average Bonchev–Trinajstić information content (AvgIpc) is 2.26. The third-order valence-corrected chi connectivity index (χ3v) is 3.21.